The molecule has 0 aliphatic heterocycles. The summed E-state index contributed by atoms with van der Waals surface area (Å²) in [4.78, 5) is 0. The Morgan fingerprint density at radius 3 is 2.55 bits per heavy atom. The zero-order valence-electron chi connectivity index (χ0n) is 11.4. The van der Waals surface area contributed by atoms with Gasteiger partial charge in [-0.2, -0.15) is 13.2 Å². The summed E-state index contributed by atoms with van der Waals surface area (Å²) >= 11 is 0. The Morgan fingerprint density at radius 1 is 1.40 bits per heavy atom. The van der Waals surface area contributed by atoms with Gasteiger partial charge in [0.25, 0.3) is 0 Å². The third-order valence-electron chi connectivity index (χ3n) is 3.01. The number of rotatable bonds is 6. The van der Waals surface area contributed by atoms with Crippen molar-refractivity contribution in [2.45, 2.75) is 24.7 Å². The van der Waals surface area contributed by atoms with Crippen LogP contribution in [0.4, 0.5) is 13.2 Å². The van der Waals surface area contributed by atoms with E-state index in [2.05, 4.69) is 5.32 Å². The molecule has 0 spiro atoms. The first-order valence-corrected chi connectivity index (χ1v) is 6.14. The van der Waals surface area contributed by atoms with Crippen molar-refractivity contribution in [1.82, 2.24) is 5.32 Å². The molecule has 2 atom stereocenters. The fraction of sp³-hybridized carbons (Fsp3) is 0.538. The minimum Gasteiger partial charge on any atom is -0.496 e. The Morgan fingerprint density at radius 2 is 2.05 bits per heavy atom. The van der Waals surface area contributed by atoms with E-state index >= 15 is 0 Å². The maximum absolute atomic E-state index is 12.7. The summed E-state index contributed by atoms with van der Waals surface area (Å²) in [5, 5.41) is 13.0. The lowest BCUT2D eigenvalue weighted by Gasteiger charge is -2.22. The predicted octanol–water partition coefficient (Wildman–Crippen LogP) is 1.68. The number of nitrogens with one attached hydrogen (secondary N) is 1. The molecule has 7 heteroatoms. The van der Waals surface area contributed by atoms with Crippen LogP contribution in [0.2, 0.25) is 0 Å². The van der Waals surface area contributed by atoms with E-state index in [1.807, 2.05) is 0 Å². The molecule has 20 heavy (non-hydrogen) atoms. The highest BCUT2D eigenvalue weighted by Gasteiger charge is 2.32. The van der Waals surface area contributed by atoms with E-state index in [1.165, 1.54) is 13.2 Å². The fourth-order valence-electron chi connectivity index (χ4n) is 1.84. The standard InChI is InChI=1S/C13H19F3N2O2/c1-18-6-5-10(17)12(19)9-7-8(13(14,15)16)3-4-11(9)20-2/h3-4,7,10,12,18-19H,5-6,17H2,1-2H3. The average Bonchev–Trinajstić information content (AvgIpc) is 2.42. The molecule has 0 aromatic heterocycles. The number of ether oxygens (including phenoxy) is 1. The number of hydrogen-bond donors (Lipinski definition) is 3. The van der Waals surface area contributed by atoms with E-state index in [-0.39, 0.29) is 11.3 Å². The van der Waals surface area contributed by atoms with E-state index in [0.717, 1.165) is 12.1 Å². The summed E-state index contributed by atoms with van der Waals surface area (Å²) in [6, 6.07) is 2.29. The molecule has 114 valence electrons. The quantitative estimate of drug-likeness (QED) is 0.746. The molecule has 0 aliphatic carbocycles. The molecule has 1 rings (SSSR count). The van der Waals surface area contributed by atoms with Gasteiger partial charge >= 0.3 is 6.18 Å². The molecule has 0 saturated carbocycles. The van der Waals surface area contributed by atoms with E-state index in [0.29, 0.717) is 13.0 Å². The summed E-state index contributed by atoms with van der Waals surface area (Å²) in [5.41, 5.74) is 5.00. The van der Waals surface area contributed by atoms with Gasteiger partial charge in [-0.05, 0) is 38.2 Å². The molecule has 2 unspecified atom stereocenters. The van der Waals surface area contributed by atoms with Crippen molar-refractivity contribution < 1.29 is 23.0 Å². The van der Waals surface area contributed by atoms with Gasteiger partial charge < -0.3 is 20.9 Å². The molecular weight excluding hydrogens is 273 g/mol. The first-order valence-electron chi connectivity index (χ1n) is 6.14. The second-order valence-electron chi connectivity index (χ2n) is 4.46. The van der Waals surface area contributed by atoms with Crippen LogP contribution >= 0.6 is 0 Å². The third kappa shape index (κ3) is 4.09. The van der Waals surface area contributed by atoms with Crippen LogP contribution in [0.25, 0.3) is 0 Å². The van der Waals surface area contributed by atoms with E-state index in [9.17, 15) is 18.3 Å². The van der Waals surface area contributed by atoms with Crippen LogP contribution in [-0.2, 0) is 6.18 Å². The topological polar surface area (TPSA) is 67.5 Å². The van der Waals surface area contributed by atoms with Gasteiger partial charge in [0, 0.05) is 11.6 Å². The van der Waals surface area contributed by atoms with Gasteiger partial charge in [-0.3, -0.25) is 0 Å². The lowest BCUT2D eigenvalue weighted by molar-refractivity contribution is -0.137. The van der Waals surface area contributed by atoms with Crippen LogP contribution < -0.4 is 15.8 Å². The number of aliphatic hydroxyl groups excluding tert-OH is 1. The molecule has 0 saturated heterocycles. The first-order chi connectivity index (χ1) is 9.31. The minimum atomic E-state index is -4.48. The van der Waals surface area contributed by atoms with Crippen LogP contribution in [0, 0.1) is 0 Å². The highest BCUT2D eigenvalue weighted by molar-refractivity contribution is 5.40. The minimum absolute atomic E-state index is 0.0472. The summed E-state index contributed by atoms with van der Waals surface area (Å²) in [7, 11) is 3.06. The van der Waals surface area contributed by atoms with Gasteiger partial charge in [0.2, 0.25) is 0 Å². The second-order valence-corrected chi connectivity index (χ2v) is 4.46. The van der Waals surface area contributed by atoms with Crippen molar-refractivity contribution in [3.05, 3.63) is 29.3 Å². The fourth-order valence-corrected chi connectivity index (χ4v) is 1.84. The van der Waals surface area contributed by atoms with Gasteiger partial charge in [-0.15, -0.1) is 0 Å². The molecule has 0 radical (unpaired) electrons. The van der Waals surface area contributed by atoms with Crippen molar-refractivity contribution >= 4 is 0 Å². The van der Waals surface area contributed by atoms with E-state index in [1.54, 1.807) is 7.05 Å². The Bertz CT molecular complexity index is 438. The summed E-state index contributed by atoms with van der Waals surface area (Å²) in [6.07, 6.45) is -5.27. The largest absolute Gasteiger partial charge is 0.496 e. The summed E-state index contributed by atoms with van der Waals surface area (Å²) in [6.45, 7) is 0.555. The van der Waals surface area contributed by atoms with Crippen molar-refractivity contribution in [2.75, 3.05) is 20.7 Å². The van der Waals surface area contributed by atoms with Crippen LogP contribution in [-0.4, -0.2) is 31.9 Å². The number of hydrogen-bond acceptors (Lipinski definition) is 4. The van der Waals surface area contributed by atoms with Crippen LogP contribution in [0.3, 0.4) is 0 Å². The number of halogens is 3. The molecule has 0 bridgehead atoms. The highest BCUT2D eigenvalue weighted by atomic mass is 19.4. The molecule has 4 nitrogen and oxygen atoms in total. The normalized spacial score (nSPS) is 14.9. The Balaban J connectivity index is 3.07. The number of alkyl halides is 3. The van der Waals surface area contributed by atoms with Crippen molar-refractivity contribution in [1.29, 1.82) is 0 Å². The number of aliphatic hydroxyl groups is 1. The third-order valence-corrected chi connectivity index (χ3v) is 3.01. The maximum atomic E-state index is 12.7. The summed E-state index contributed by atoms with van der Waals surface area (Å²) < 4.78 is 43.1. The van der Waals surface area contributed by atoms with E-state index in [4.69, 9.17) is 10.5 Å². The first kappa shape index (κ1) is 16.7. The Labute approximate surface area is 115 Å². The lowest BCUT2D eigenvalue weighted by atomic mass is 9.97. The molecule has 0 amide bonds. The number of nitrogens with two attached hydrogens (primary N) is 1. The summed E-state index contributed by atoms with van der Waals surface area (Å²) in [5.74, 6) is 0.186. The second kappa shape index (κ2) is 6.92. The van der Waals surface area contributed by atoms with Crippen molar-refractivity contribution in [3.63, 3.8) is 0 Å². The van der Waals surface area contributed by atoms with Crippen LogP contribution in [0.15, 0.2) is 18.2 Å². The molecule has 0 heterocycles. The molecule has 1 aromatic rings. The van der Waals surface area contributed by atoms with E-state index < -0.39 is 23.9 Å². The molecule has 0 aliphatic rings. The van der Waals surface area contributed by atoms with Crippen LogP contribution in [0.5, 0.6) is 5.75 Å². The average molecular weight is 292 g/mol. The van der Waals surface area contributed by atoms with Gasteiger partial charge in [-0.25, -0.2) is 0 Å². The maximum Gasteiger partial charge on any atom is 0.416 e. The molecule has 0 fully saturated rings. The molecule has 1 aromatic carbocycles. The van der Waals surface area contributed by atoms with Gasteiger partial charge in [-0.1, -0.05) is 0 Å². The zero-order chi connectivity index (χ0) is 15.3. The Hall–Kier alpha value is -1.31. The predicted molar refractivity (Wildman–Crippen MR) is 69.5 cm³/mol. The number of benzene rings is 1. The molecular formula is C13H19F3N2O2. The highest BCUT2D eigenvalue weighted by Crippen LogP contribution is 2.35. The molecule has 4 N–H and O–H groups in total. The Kier molecular flexibility index (Phi) is 5.79. The van der Waals surface area contributed by atoms with Gasteiger partial charge in [0.05, 0.1) is 18.8 Å². The van der Waals surface area contributed by atoms with Crippen molar-refractivity contribution in [3.8, 4) is 5.75 Å². The monoisotopic (exact) mass is 292 g/mol. The van der Waals surface area contributed by atoms with Gasteiger partial charge in [0.15, 0.2) is 0 Å². The number of methoxy groups -OCH3 is 1. The lowest BCUT2D eigenvalue weighted by Crippen LogP contribution is -2.32. The zero-order valence-corrected chi connectivity index (χ0v) is 11.4. The SMILES string of the molecule is CNCCC(N)C(O)c1cc(C(F)(F)F)ccc1OC. The smallest absolute Gasteiger partial charge is 0.416 e. The van der Waals surface area contributed by atoms with Crippen LogP contribution in [0.1, 0.15) is 23.7 Å². The van der Waals surface area contributed by atoms with Gasteiger partial charge in [0.1, 0.15) is 5.75 Å². The van der Waals surface area contributed by atoms with Crippen molar-refractivity contribution in [2.24, 2.45) is 5.73 Å².